The molecule has 0 aliphatic rings. The van der Waals surface area contributed by atoms with Gasteiger partial charge in [-0.05, 0) is 47.5 Å². The van der Waals surface area contributed by atoms with Gasteiger partial charge in [0.2, 0.25) is 5.91 Å². The lowest BCUT2D eigenvalue weighted by atomic mass is 10.0. The van der Waals surface area contributed by atoms with Gasteiger partial charge in [-0.1, -0.05) is 42.5 Å². The van der Waals surface area contributed by atoms with Gasteiger partial charge in [-0.3, -0.25) is 4.79 Å². The Labute approximate surface area is 165 Å². The van der Waals surface area contributed by atoms with Gasteiger partial charge in [-0.25, -0.2) is 0 Å². The van der Waals surface area contributed by atoms with Crippen molar-refractivity contribution in [2.24, 2.45) is 0 Å². The van der Waals surface area contributed by atoms with Crippen molar-refractivity contribution in [3.63, 3.8) is 0 Å². The van der Waals surface area contributed by atoms with E-state index in [1.165, 1.54) is 0 Å². The van der Waals surface area contributed by atoms with Crippen LogP contribution in [0.25, 0.3) is 0 Å². The van der Waals surface area contributed by atoms with Gasteiger partial charge in [0.1, 0.15) is 17.5 Å². The summed E-state index contributed by atoms with van der Waals surface area (Å²) < 4.78 is 10.4. The van der Waals surface area contributed by atoms with Gasteiger partial charge in [0, 0.05) is 12.2 Å². The molecule has 0 fully saturated rings. The molecule has 3 rings (SSSR count). The molecule has 0 heterocycles. The highest BCUT2D eigenvalue weighted by molar-refractivity contribution is 5.86. The van der Waals surface area contributed by atoms with Crippen molar-refractivity contribution < 1.29 is 14.3 Å². The summed E-state index contributed by atoms with van der Waals surface area (Å²) in [7, 11) is 3.24. The zero-order valence-corrected chi connectivity index (χ0v) is 16.0. The van der Waals surface area contributed by atoms with Gasteiger partial charge in [0.25, 0.3) is 0 Å². The first-order valence-corrected chi connectivity index (χ1v) is 9.06. The molecule has 28 heavy (non-hydrogen) atoms. The van der Waals surface area contributed by atoms with Crippen molar-refractivity contribution in [3.05, 3.63) is 90.0 Å². The summed E-state index contributed by atoms with van der Waals surface area (Å²) in [4.78, 5) is 13.0. The number of hydrogen-bond donors (Lipinski definition) is 2. The lowest BCUT2D eigenvalue weighted by Crippen LogP contribution is -2.33. The van der Waals surface area contributed by atoms with Crippen molar-refractivity contribution in [3.8, 4) is 11.5 Å². The van der Waals surface area contributed by atoms with Crippen LogP contribution in [-0.2, 0) is 11.3 Å². The smallest absolute Gasteiger partial charge is 0.247 e. The second-order valence-corrected chi connectivity index (χ2v) is 6.28. The number of methoxy groups -OCH3 is 2. The number of rotatable bonds is 8. The van der Waals surface area contributed by atoms with Crippen molar-refractivity contribution in [2.45, 2.75) is 12.6 Å². The first-order chi connectivity index (χ1) is 13.7. The van der Waals surface area contributed by atoms with Crippen LogP contribution in [0, 0.1) is 0 Å². The lowest BCUT2D eigenvalue weighted by Gasteiger charge is -2.20. The highest BCUT2D eigenvalue weighted by Gasteiger charge is 2.20. The van der Waals surface area contributed by atoms with Crippen LogP contribution in [-0.4, -0.2) is 20.1 Å². The zero-order chi connectivity index (χ0) is 19.8. The Hall–Kier alpha value is -3.47. The van der Waals surface area contributed by atoms with Gasteiger partial charge < -0.3 is 20.1 Å². The number of anilines is 1. The third kappa shape index (κ3) is 5.04. The summed E-state index contributed by atoms with van der Waals surface area (Å²) in [6.07, 6.45) is 0. The number of amides is 1. The van der Waals surface area contributed by atoms with E-state index < -0.39 is 6.04 Å². The highest BCUT2D eigenvalue weighted by Crippen LogP contribution is 2.24. The highest BCUT2D eigenvalue weighted by atomic mass is 16.5. The fourth-order valence-electron chi connectivity index (χ4n) is 2.84. The Bertz CT molecular complexity index is 878. The van der Waals surface area contributed by atoms with Crippen LogP contribution in [0.4, 0.5) is 5.69 Å². The molecule has 1 unspecified atom stereocenters. The lowest BCUT2D eigenvalue weighted by molar-refractivity contribution is -0.122. The van der Waals surface area contributed by atoms with E-state index in [2.05, 4.69) is 10.6 Å². The number of nitrogens with one attached hydrogen (secondary N) is 2. The second-order valence-electron chi connectivity index (χ2n) is 6.28. The van der Waals surface area contributed by atoms with E-state index in [1.807, 2.05) is 78.9 Å². The van der Waals surface area contributed by atoms with Crippen LogP contribution in [0.3, 0.4) is 0 Å². The molecule has 0 aliphatic heterocycles. The molecule has 3 aromatic carbocycles. The third-order valence-corrected chi connectivity index (χ3v) is 4.42. The van der Waals surface area contributed by atoms with Gasteiger partial charge >= 0.3 is 0 Å². The summed E-state index contributed by atoms with van der Waals surface area (Å²) >= 11 is 0. The normalized spacial score (nSPS) is 11.4. The Morgan fingerprint density at radius 3 is 1.96 bits per heavy atom. The minimum Gasteiger partial charge on any atom is -0.497 e. The van der Waals surface area contributed by atoms with Crippen LogP contribution in [0.1, 0.15) is 17.2 Å². The molecule has 5 heteroatoms. The van der Waals surface area contributed by atoms with E-state index in [1.54, 1.807) is 14.2 Å². The largest absolute Gasteiger partial charge is 0.497 e. The maximum Gasteiger partial charge on any atom is 0.247 e. The third-order valence-electron chi connectivity index (χ3n) is 4.42. The van der Waals surface area contributed by atoms with Gasteiger partial charge in [-0.15, -0.1) is 0 Å². The molecule has 1 atom stereocenters. The average molecular weight is 376 g/mol. The van der Waals surface area contributed by atoms with E-state index in [-0.39, 0.29) is 5.91 Å². The van der Waals surface area contributed by atoms with Crippen molar-refractivity contribution in [2.75, 3.05) is 19.5 Å². The van der Waals surface area contributed by atoms with Crippen LogP contribution in [0.15, 0.2) is 78.9 Å². The van der Waals surface area contributed by atoms with Gasteiger partial charge in [-0.2, -0.15) is 0 Å². The minimum absolute atomic E-state index is 0.107. The molecule has 0 saturated carbocycles. The van der Waals surface area contributed by atoms with Crippen molar-refractivity contribution in [1.82, 2.24) is 5.32 Å². The predicted octanol–water partition coefficient (Wildman–Crippen LogP) is 4.17. The Kier molecular flexibility index (Phi) is 6.52. The number of benzene rings is 3. The monoisotopic (exact) mass is 376 g/mol. The summed E-state index contributed by atoms with van der Waals surface area (Å²) in [5.74, 6) is 1.40. The summed E-state index contributed by atoms with van der Waals surface area (Å²) in [6, 6.07) is 24.3. The molecule has 3 aromatic rings. The molecular weight excluding hydrogens is 352 g/mol. The van der Waals surface area contributed by atoms with Crippen LogP contribution < -0.4 is 20.1 Å². The van der Waals surface area contributed by atoms with Crippen molar-refractivity contribution >= 4 is 11.6 Å². The minimum atomic E-state index is -0.539. The van der Waals surface area contributed by atoms with Crippen LogP contribution in [0.2, 0.25) is 0 Å². The molecule has 0 aromatic heterocycles. The quantitative estimate of drug-likeness (QED) is 0.619. The van der Waals surface area contributed by atoms with Gasteiger partial charge in [0.15, 0.2) is 0 Å². The van der Waals surface area contributed by atoms with Crippen molar-refractivity contribution in [1.29, 1.82) is 0 Å². The molecule has 0 saturated heterocycles. The number of ether oxygens (including phenoxy) is 2. The van der Waals surface area contributed by atoms with E-state index in [0.29, 0.717) is 6.54 Å². The molecule has 0 spiro atoms. The molecule has 1 amide bonds. The van der Waals surface area contributed by atoms with Crippen LogP contribution >= 0.6 is 0 Å². The molecular formula is C23H24N2O3. The van der Waals surface area contributed by atoms with Gasteiger partial charge in [0.05, 0.1) is 14.2 Å². The Morgan fingerprint density at radius 2 is 1.39 bits per heavy atom. The van der Waals surface area contributed by atoms with Crippen LogP contribution in [0.5, 0.6) is 11.5 Å². The Morgan fingerprint density at radius 1 is 0.821 bits per heavy atom. The molecule has 2 N–H and O–H groups in total. The molecule has 5 nitrogen and oxygen atoms in total. The van der Waals surface area contributed by atoms with E-state index in [9.17, 15) is 4.79 Å². The van der Waals surface area contributed by atoms with E-state index in [0.717, 1.165) is 28.3 Å². The fraction of sp³-hybridized carbons (Fsp3) is 0.174. The number of hydrogen-bond acceptors (Lipinski definition) is 4. The van der Waals surface area contributed by atoms with E-state index in [4.69, 9.17) is 9.47 Å². The number of carbonyl (C=O) groups is 1. The molecule has 0 radical (unpaired) electrons. The first kappa shape index (κ1) is 19.3. The first-order valence-electron chi connectivity index (χ1n) is 9.06. The molecule has 144 valence electrons. The SMILES string of the molecule is COc1ccc(NC(C(=O)NCc2ccccc2)c2ccc(OC)cc2)cc1. The summed E-state index contributed by atoms with van der Waals surface area (Å²) in [5.41, 5.74) is 2.73. The topological polar surface area (TPSA) is 59.6 Å². The average Bonchev–Trinajstić information content (AvgIpc) is 2.77. The van der Waals surface area contributed by atoms with E-state index >= 15 is 0 Å². The second kappa shape index (κ2) is 9.46. The molecule has 0 aliphatic carbocycles. The Balaban J connectivity index is 1.78. The number of carbonyl (C=O) groups excluding carboxylic acids is 1. The molecule has 0 bridgehead atoms. The summed E-state index contributed by atoms with van der Waals surface area (Å²) in [5, 5.41) is 6.32. The standard InChI is InChI=1S/C23H24N2O3/c1-27-20-12-8-18(9-13-20)22(25-19-10-14-21(28-2)15-11-19)23(26)24-16-17-6-4-3-5-7-17/h3-15,22,25H,16H2,1-2H3,(H,24,26). The maximum atomic E-state index is 13.0. The fourth-order valence-corrected chi connectivity index (χ4v) is 2.84. The predicted molar refractivity (Wildman–Crippen MR) is 111 cm³/mol. The maximum absolute atomic E-state index is 13.0. The summed E-state index contributed by atoms with van der Waals surface area (Å²) in [6.45, 7) is 0.469. The zero-order valence-electron chi connectivity index (χ0n) is 16.0.